The number of hydrogen-bond donors (Lipinski definition) is 2. The van der Waals surface area contributed by atoms with Crippen LogP contribution >= 0.6 is 0 Å². The van der Waals surface area contributed by atoms with Crippen molar-refractivity contribution in [3.8, 4) is 0 Å². The maximum Gasteiger partial charge on any atom is 0.417 e. The Kier molecular flexibility index (Phi) is 4.87. The zero-order valence-corrected chi connectivity index (χ0v) is 11.8. The third-order valence-electron chi connectivity index (χ3n) is 3.00. The summed E-state index contributed by atoms with van der Waals surface area (Å²) >= 11 is 0. The van der Waals surface area contributed by atoms with Gasteiger partial charge in [-0.3, -0.25) is 0 Å². The van der Waals surface area contributed by atoms with Crippen molar-refractivity contribution in [2.24, 2.45) is 0 Å². The first kappa shape index (κ1) is 16.2. The molecule has 9 heteroatoms. The molecule has 1 atom stereocenters. The summed E-state index contributed by atoms with van der Waals surface area (Å²) in [4.78, 5) is -0.769. The molecule has 1 aromatic carbocycles. The Balaban J connectivity index is 2.16. The van der Waals surface area contributed by atoms with Crippen LogP contribution in [0.4, 0.5) is 13.2 Å². The smallest absolute Gasteiger partial charge is 0.378 e. The molecule has 5 nitrogen and oxygen atoms in total. The Morgan fingerprint density at radius 3 is 2.67 bits per heavy atom. The quantitative estimate of drug-likeness (QED) is 0.866. The third-order valence-corrected chi connectivity index (χ3v) is 4.48. The normalized spacial score (nSPS) is 20.4. The van der Waals surface area contributed by atoms with E-state index in [9.17, 15) is 21.6 Å². The molecule has 0 aromatic heterocycles. The van der Waals surface area contributed by atoms with Crippen LogP contribution in [0.3, 0.4) is 0 Å². The summed E-state index contributed by atoms with van der Waals surface area (Å²) in [5.74, 6) is 0. The second-order valence-electron chi connectivity index (χ2n) is 4.57. The molecule has 21 heavy (non-hydrogen) atoms. The SMILES string of the molecule is O=S(=O)(NCC1COCCN1)c1ccccc1C(F)(F)F. The number of sulfonamides is 1. The lowest BCUT2D eigenvalue weighted by molar-refractivity contribution is -0.139. The first-order valence-electron chi connectivity index (χ1n) is 6.28. The molecule has 1 unspecified atom stereocenters. The lowest BCUT2D eigenvalue weighted by Gasteiger charge is -2.24. The predicted molar refractivity (Wildman–Crippen MR) is 69.2 cm³/mol. The predicted octanol–water partition coefficient (Wildman–Crippen LogP) is 0.972. The molecule has 1 aromatic rings. The summed E-state index contributed by atoms with van der Waals surface area (Å²) in [6.07, 6.45) is -4.72. The van der Waals surface area contributed by atoms with Crippen LogP contribution in [0.5, 0.6) is 0 Å². The number of benzene rings is 1. The minimum Gasteiger partial charge on any atom is -0.378 e. The van der Waals surface area contributed by atoms with Crippen LogP contribution in [0.25, 0.3) is 0 Å². The van der Waals surface area contributed by atoms with Gasteiger partial charge in [-0.05, 0) is 12.1 Å². The maximum atomic E-state index is 12.8. The molecule has 0 amide bonds. The monoisotopic (exact) mass is 324 g/mol. The van der Waals surface area contributed by atoms with Crippen LogP contribution in [0.2, 0.25) is 0 Å². The highest BCUT2D eigenvalue weighted by molar-refractivity contribution is 7.89. The summed E-state index contributed by atoms with van der Waals surface area (Å²) in [5.41, 5.74) is -1.18. The molecule has 1 aliphatic rings. The summed E-state index contributed by atoms with van der Waals surface area (Å²) in [5, 5.41) is 3.01. The second kappa shape index (κ2) is 6.30. The van der Waals surface area contributed by atoms with E-state index in [1.807, 2.05) is 0 Å². The largest absolute Gasteiger partial charge is 0.417 e. The fourth-order valence-corrected chi connectivity index (χ4v) is 3.28. The number of hydrogen-bond acceptors (Lipinski definition) is 4. The van der Waals surface area contributed by atoms with E-state index in [4.69, 9.17) is 4.74 Å². The van der Waals surface area contributed by atoms with Crippen molar-refractivity contribution in [2.75, 3.05) is 26.3 Å². The molecule has 0 bridgehead atoms. The fraction of sp³-hybridized carbons (Fsp3) is 0.500. The van der Waals surface area contributed by atoms with Crippen LogP contribution in [0, 0.1) is 0 Å². The lowest BCUT2D eigenvalue weighted by Crippen LogP contribution is -2.48. The van der Waals surface area contributed by atoms with E-state index in [0.29, 0.717) is 19.8 Å². The first-order chi connectivity index (χ1) is 9.81. The molecule has 0 radical (unpaired) electrons. The van der Waals surface area contributed by atoms with Gasteiger partial charge >= 0.3 is 6.18 Å². The minimum absolute atomic E-state index is 0.0332. The number of halogens is 3. The van der Waals surface area contributed by atoms with Gasteiger partial charge < -0.3 is 10.1 Å². The molecule has 0 aliphatic carbocycles. The van der Waals surface area contributed by atoms with Gasteiger partial charge in [-0.1, -0.05) is 12.1 Å². The van der Waals surface area contributed by atoms with Gasteiger partial charge in [-0.2, -0.15) is 13.2 Å². The van der Waals surface area contributed by atoms with Gasteiger partial charge in [0.05, 0.1) is 23.7 Å². The average molecular weight is 324 g/mol. The minimum atomic E-state index is -4.72. The molecule has 0 saturated carbocycles. The van der Waals surface area contributed by atoms with Crippen molar-refractivity contribution in [3.63, 3.8) is 0 Å². The van der Waals surface area contributed by atoms with Crippen LogP contribution < -0.4 is 10.0 Å². The van der Waals surface area contributed by atoms with Crippen molar-refractivity contribution in [3.05, 3.63) is 29.8 Å². The van der Waals surface area contributed by atoms with Gasteiger partial charge in [0.15, 0.2) is 0 Å². The lowest BCUT2D eigenvalue weighted by atomic mass is 10.2. The fourth-order valence-electron chi connectivity index (χ4n) is 1.97. The second-order valence-corrected chi connectivity index (χ2v) is 6.31. The molecule has 0 spiro atoms. The van der Waals surface area contributed by atoms with Crippen LogP contribution in [0.15, 0.2) is 29.2 Å². The molecule has 1 heterocycles. The Morgan fingerprint density at radius 2 is 2.05 bits per heavy atom. The van der Waals surface area contributed by atoms with E-state index in [0.717, 1.165) is 18.2 Å². The number of ether oxygens (including phenoxy) is 1. The van der Waals surface area contributed by atoms with Gasteiger partial charge in [0, 0.05) is 19.1 Å². The highest BCUT2D eigenvalue weighted by Gasteiger charge is 2.36. The molecule has 1 saturated heterocycles. The average Bonchev–Trinajstić information content (AvgIpc) is 2.45. The molecule has 1 aliphatic heterocycles. The van der Waals surface area contributed by atoms with Gasteiger partial charge in [-0.25, -0.2) is 13.1 Å². The Labute approximate surface area is 120 Å². The zero-order valence-electron chi connectivity index (χ0n) is 11.0. The van der Waals surface area contributed by atoms with Crippen LogP contribution in [-0.4, -0.2) is 40.8 Å². The summed E-state index contributed by atoms with van der Waals surface area (Å²) in [6.45, 7) is 1.38. The van der Waals surface area contributed by atoms with Crippen molar-refractivity contribution in [1.29, 1.82) is 0 Å². The van der Waals surface area contributed by atoms with E-state index >= 15 is 0 Å². The highest BCUT2D eigenvalue weighted by atomic mass is 32.2. The van der Waals surface area contributed by atoms with E-state index in [1.54, 1.807) is 0 Å². The standard InChI is InChI=1S/C12H15F3N2O3S/c13-12(14,15)10-3-1-2-4-11(10)21(18,19)17-7-9-8-20-6-5-16-9/h1-4,9,16-17H,5-8H2. The van der Waals surface area contributed by atoms with Crippen molar-refractivity contribution in [2.45, 2.75) is 17.1 Å². The van der Waals surface area contributed by atoms with Gasteiger partial charge in [-0.15, -0.1) is 0 Å². The Bertz CT molecular complexity index is 584. The Hall–Kier alpha value is -1.16. The number of rotatable bonds is 4. The van der Waals surface area contributed by atoms with E-state index in [2.05, 4.69) is 10.0 Å². The van der Waals surface area contributed by atoms with Crippen LogP contribution in [-0.2, 0) is 20.9 Å². The van der Waals surface area contributed by atoms with Gasteiger partial charge in [0.25, 0.3) is 0 Å². The third kappa shape index (κ3) is 4.16. The molecule has 1 fully saturated rings. The summed E-state index contributed by atoms with van der Waals surface area (Å²) in [6, 6.07) is 3.84. The number of alkyl halides is 3. The summed E-state index contributed by atoms with van der Waals surface area (Å²) < 4.78 is 70.0. The van der Waals surface area contributed by atoms with Crippen LogP contribution in [0.1, 0.15) is 5.56 Å². The van der Waals surface area contributed by atoms with Crippen molar-refractivity contribution in [1.82, 2.24) is 10.0 Å². The van der Waals surface area contributed by atoms with Crippen molar-refractivity contribution >= 4 is 10.0 Å². The van der Waals surface area contributed by atoms with E-state index in [-0.39, 0.29) is 12.6 Å². The highest BCUT2D eigenvalue weighted by Crippen LogP contribution is 2.33. The molecule has 2 rings (SSSR count). The molecular weight excluding hydrogens is 309 g/mol. The first-order valence-corrected chi connectivity index (χ1v) is 7.76. The van der Waals surface area contributed by atoms with Gasteiger partial charge in [0.1, 0.15) is 0 Å². The van der Waals surface area contributed by atoms with Crippen molar-refractivity contribution < 1.29 is 26.3 Å². The maximum absolute atomic E-state index is 12.8. The molecule has 118 valence electrons. The molecule has 2 N–H and O–H groups in total. The molecular formula is C12H15F3N2O3S. The zero-order chi connectivity index (χ0) is 15.5. The topological polar surface area (TPSA) is 67.4 Å². The number of nitrogens with one attached hydrogen (secondary N) is 2. The Morgan fingerprint density at radius 1 is 1.33 bits per heavy atom. The number of morpholine rings is 1. The van der Waals surface area contributed by atoms with Gasteiger partial charge in [0.2, 0.25) is 10.0 Å². The summed E-state index contributed by atoms with van der Waals surface area (Å²) in [7, 11) is -4.24. The van der Waals surface area contributed by atoms with E-state index < -0.39 is 26.7 Å². The van der Waals surface area contributed by atoms with E-state index in [1.165, 1.54) is 6.07 Å².